The van der Waals surface area contributed by atoms with E-state index in [2.05, 4.69) is 10.6 Å². The van der Waals surface area contributed by atoms with Crippen LogP contribution in [-0.2, 0) is 4.79 Å². The average molecular weight is 248 g/mol. The lowest BCUT2D eigenvalue weighted by molar-refractivity contribution is -0.137. The molecule has 0 aromatic rings. The van der Waals surface area contributed by atoms with Gasteiger partial charge in [0, 0.05) is 24.3 Å². The Kier molecular flexibility index (Phi) is 7.80. The highest BCUT2D eigenvalue weighted by molar-refractivity contribution is 7.98. The van der Waals surface area contributed by atoms with E-state index in [1.165, 1.54) is 0 Å². The molecule has 0 spiro atoms. The van der Waals surface area contributed by atoms with Crippen molar-refractivity contribution in [2.24, 2.45) is 0 Å². The van der Waals surface area contributed by atoms with Gasteiger partial charge in [0.05, 0.1) is 0 Å². The SMILES string of the molecule is CSCC(C)NC(=O)NC(C)CCC(=O)O. The zero-order chi connectivity index (χ0) is 12.6. The molecular weight excluding hydrogens is 228 g/mol. The van der Waals surface area contributed by atoms with Crippen LogP contribution in [0.1, 0.15) is 26.7 Å². The fourth-order valence-corrected chi connectivity index (χ4v) is 1.78. The molecule has 0 saturated heterocycles. The zero-order valence-electron chi connectivity index (χ0n) is 9.95. The minimum absolute atomic E-state index is 0.0712. The van der Waals surface area contributed by atoms with Crippen LogP contribution in [0.3, 0.4) is 0 Å². The van der Waals surface area contributed by atoms with Crippen molar-refractivity contribution in [3.05, 3.63) is 0 Å². The van der Waals surface area contributed by atoms with Gasteiger partial charge in [0.25, 0.3) is 0 Å². The number of aliphatic carboxylic acids is 1. The second-order valence-corrected chi connectivity index (χ2v) is 4.72. The van der Waals surface area contributed by atoms with E-state index in [1.807, 2.05) is 13.2 Å². The molecular formula is C10H20N2O3S. The lowest BCUT2D eigenvalue weighted by Crippen LogP contribution is -2.45. The maximum absolute atomic E-state index is 11.4. The van der Waals surface area contributed by atoms with Crippen molar-refractivity contribution < 1.29 is 14.7 Å². The summed E-state index contributed by atoms with van der Waals surface area (Å²) in [5.41, 5.74) is 0. The number of amides is 2. The largest absolute Gasteiger partial charge is 0.481 e. The molecule has 2 atom stereocenters. The molecule has 3 N–H and O–H groups in total. The Hall–Kier alpha value is -0.910. The van der Waals surface area contributed by atoms with E-state index in [4.69, 9.17) is 5.11 Å². The van der Waals surface area contributed by atoms with Gasteiger partial charge in [0.15, 0.2) is 0 Å². The van der Waals surface area contributed by atoms with Crippen LogP contribution in [0.5, 0.6) is 0 Å². The van der Waals surface area contributed by atoms with Gasteiger partial charge in [-0.05, 0) is 26.5 Å². The Morgan fingerprint density at radius 1 is 1.25 bits per heavy atom. The van der Waals surface area contributed by atoms with Crippen molar-refractivity contribution in [1.29, 1.82) is 0 Å². The Morgan fingerprint density at radius 3 is 2.31 bits per heavy atom. The first kappa shape index (κ1) is 15.1. The molecule has 5 nitrogen and oxygen atoms in total. The summed E-state index contributed by atoms with van der Waals surface area (Å²) in [6.07, 6.45) is 2.49. The summed E-state index contributed by atoms with van der Waals surface area (Å²) in [5, 5.41) is 14.0. The molecule has 6 heteroatoms. The monoisotopic (exact) mass is 248 g/mol. The number of hydrogen-bond donors (Lipinski definition) is 3. The van der Waals surface area contributed by atoms with Crippen LogP contribution in [0.25, 0.3) is 0 Å². The Balaban J connectivity index is 3.73. The fourth-order valence-electron chi connectivity index (χ4n) is 1.19. The van der Waals surface area contributed by atoms with Gasteiger partial charge in [0.2, 0.25) is 0 Å². The molecule has 0 fully saturated rings. The molecule has 0 aliphatic carbocycles. The van der Waals surface area contributed by atoms with Crippen molar-refractivity contribution in [3.63, 3.8) is 0 Å². The number of carbonyl (C=O) groups is 2. The third kappa shape index (κ3) is 8.40. The maximum Gasteiger partial charge on any atom is 0.315 e. The standard InChI is InChI=1S/C10H20N2O3S/c1-7(4-5-9(13)14)11-10(15)12-8(2)6-16-3/h7-8H,4-6H2,1-3H3,(H,13,14)(H2,11,12,15). The quantitative estimate of drug-likeness (QED) is 0.634. The molecule has 0 heterocycles. The number of thioether (sulfide) groups is 1. The first-order valence-electron chi connectivity index (χ1n) is 5.23. The summed E-state index contributed by atoms with van der Waals surface area (Å²) in [5.74, 6) is 0.0153. The van der Waals surface area contributed by atoms with Gasteiger partial charge in [0.1, 0.15) is 0 Å². The van der Waals surface area contributed by atoms with Crippen molar-refractivity contribution in [2.75, 3.05) is 12.0 Å². The molecule has 0 aromatic carbocycles. The number of carbonyl (C=O) groups excluding carboxylic acids is 1. The molecule has 0 saturated carbocycles. The molecule has 2 unspecified atom stereocenters. The predicted octanol–water partition coefficient (Wildman–Crippen LogP) is 1.29. The van der Waals surface area contributed by atoms with Crippen LogP contribution in [0, 0.1) is 0 Å². The van der Waals surface area contributed by atoms with E-state index in [1.54, 1.807) is 18.7 Å². The second-order valence-electron chi connectivity index (χ2n) is 3.81. The highest BCUT2D eigenvalue weighted by Crippen LogP contribution is 1.98. The van der Waals surface area contributed by atoms with Crippen LogP contribution in [0.2, 0.25) is 0 Å². The van der Waals surface area contributed by atoms with Crippen LogP contribution in [0.4, 0.5) is 4.79 Å². The summed E-state index contributed by atoms with van der Waals surface area (Å²) >= 11 is 1.66. The second kappa shape index (κ2) is 8.27. The molecule has 0 bridgehead atoms. The summed E-state index contributed by atoms with van der Waals surface area (Å²) in [4.78, 5) is 21.7. The number of rotatable bonds is 7. The fraction of sp³-hybridized carbons (Fsp3) is 0.800. The van der Waals surface area contributed by atoms with E-state index in [9.17, 15) is 9.59 Å². The molecule has 0 aromatic heterocycles. The van der Waals surface area contributed by atoms with Crippen molar-refractivity contribution in [3.8, 4) is 0 Å². The molecule has 0 radical (unpaired) electrons. The van der Waals surface area contributed by atoms with Crippen molar-refractivity contribution in [1.82, 2.24) is 10.6 Å². The molecule has 0 aliphatic rings. The lowest BCUT2D eigenvalue weighted by Gasteiger charge is -2.17. The Bertz CT molecular complexity index is 236. The van der Waals surface area contributed by atoms with E-state index in [0.717, 1.165) is 5.75 Å². The van der Waals surface area contributed by atoms with Gasteiger partial charge in [-0.3, -0.25) is 4.79 Å². The first-order chi connectivity index (χ1) is 7.45. The third-order valence-electron chi connectivity index (χ3n) is 1.96. The molecule has 94 valence electrons. The maximum atomic E-state index is 11.4. The Labute approximate surface area is 100 Å². The third-order valence-corrected chi connectivity index (χ3v) is 2.80. The highest BCUT2D eigenvalue weighted by atomic mass is 32.2. The van der Waals surface area contributed by atoms with Crippen LogP contribution >= 0.6 is 11.8 Å². The summed E-state index contributed by atoms with van der Waals surface area (Å²) < 4.78 is 0. The van der Waals surface area contributed by atoms with Crippen LogP contribution < -0.4 is 10.6 Å². The van der Waals surface area contributed by atoms with Crippen molar-refractivity contribution in [2.45, 2.75) is 38.8 Å². The van der Waals surface area contributed by atoms with E-state index >= 15 is 0 Å². The van der Waals surface area contributed by atoms with Crippen LogP contribution in [-0.4, -0.2) is 41.2 Å². The molecule has 2 amide bonds. The van der Waals surface area contributed by atoms with Crippen LogP contribution in [0.15, 0.2) is 0 Å². The summed E-state index contributed by atoms with van der Waals surface area (Å²) in [6, 6.07) is -0.251. The number of urea groups is 1. The molecule has 16 heavy (non-hydrogen) atoms. The predicted molar refractivity (Wildman–Crippen MR) is 65.8 cm³/mol. The van der Waals surface area contributed by atoms with Gasteiger partial charge < -0.3 is 15.7 Å². The number of nitrogens with one attached hydrogen (secondary N) is 2. The minimum Gasteiger partial charge on any atom is -0.481 e. The topological polar surface area (TPSA) is 78.4 Å². The van der Waals surface area contributed by atoms with Gasteiger partial charge in [-0.25, -0.2) is 4.79 Å². The normalized spacial score (nSPS) is 13.9. The van der Waals surface area contributed by atoms with Gasteiger partial charge in [-0.1, -0.05) is 0 Å². The highest BCUT2D eigenvalue weighted by Gasteiger charge is 2.10. The lowest BCUT2D eigenvalue weighted by atomic mass is 10.2. The van der Waals surface area contributed by atoms with Crippen molar-refractivity contribution >= 4 is 23.8 Å². The van der Waals surface area contributed by atoms with Gasteiger partial charge >= 0.3 is 12.0 Å². The number of hydrogen-bond acceptors (Lipinski definition) is 3. The van der Waals surface area contributed by atoms with E-state index in [-0.39, 0.29) is 24.5 Å². The van der Waals surface area contributed by atoms with Gasteiger partial charge in [-0.15, -0.1) is 0 Å². The number of carboxylic acids is 1. The summed E-state index contributed by atoms with van der Waals surface area (Å²) in [7, 11) is 0. The van der Waals surface area contributed by atoms with E-state index in [0.29, 0.717) is 6.42 Å². The zero-order valence-corrected chi connectivity index (χ0v) is 10.8. The Morgan fingerprint density at radius 2 is 1.81 bits per heavy atom. The molecule has 0 aliphatic heterocycles. The minimum atomic E-state index is -0.843. The molecule has 0 rings (SSSR count). The smallest absolute Gasteiger partial charge is 0.315 e. The first-order valence-corrected chi connectivity index (χ1v) is 6.62. The van der Waals surface area contributed by atoms with Gasteiger partial charge in [-0.2, -0.15) is 11.8 Å². The summed E-state index contributed by atoms with van der Waals surface area (Å²) in [6.45, 7) is 3.72. The average Bonchev–Trinajstić information content (AvgIpc) is 2.14. The number of carboxylic acid groups (broad SMARTS) is 1. The van der Waals surface area contributed by atoms with E-state index < -0.39 is 5.97 Å².